The van der Waals surface area contributed by atoms with Crippen LogP contribution >= 0.6 is 23.1 Å². The van der Waals surface area contributed by atoms with Crippen LogP contribution in [0.2, 0.25) is 0 Å². The molecule has 0 unspecified atom stereocenters. The van der Waals surface area contributed by atoms with Gasteiger partial charge in [0, 0.05) is 34.7 Å². The van der Waals surface area contributed by atoms with E-state index in [1.54, 1.807) is 36.4 Å². The van der Waals surface area contributed by atoms with E-state index in [0.717, 1.165) is 64.3 Å². The Morgan fingerprint density at radius 3 is 2.82 bits per heavy atom. The van der Waals surface area contributed by atoms with Crippen molar-refractivity contribution in [2.45, 2.75) is 35.5 Å². The number of methoxy groups -OCH3 is 1. The second kappa shape index (κ2) is 12.4. The maximum absolute atomic E-state index is 10.8. The molecule has 5 rings (SSSR count). The van der Waals surface area contributed by atoms with Gasteiger partial charge in [0.1, 0.15) is 29.4 Å². The highest BCUT2D eigenvalue weighted by molar-refractivity contribution is 7.99. The monoisotopic (exact) mass is 547 g/mol. The van der Waals surface area contributed by atoms with Gasteiger partial charge in [0.25, 0.3) is 0 Å². The lowest BCUT2D eigenvalue weighted by Crippen LogP contribution is -2.34. The van der Waals surface area contributed by atoms with Crippen molar-refractivity contribution in [2.75, 3.05) is 32.1 Å². The van der Waals surface area contributed by atoms with E-state index < -0.39 is 0 Å². The van der Waals surface area contributed by atoms with Crippen LogP contribution in [0.15, 0.2) is 70.0 Å². The molecular formula is C28H29N5O3S2. The highest BCUT2D eigenvalue weighted by Crippen LogP contribution is 2.40. The van der Waals surface area contributed by atoms with Crippen LogP contribution in [0, 0.1) is 6.92 Å². The molecule has 38 heavy (non-hydrogen) atoms. The second-order valence-corrected chi connectivity index (χ2v) is 10.9. The number of aromatic nitrogens is 3. The summed E-state index contributed by atoms with van der Waals surface area (Å²) in [4.78, 5) is 28.7. The minimum atomic E-state index is 0.409. The summed E-state index contributed by atoms with van der Waals surface area (Å²) in [6.45, 7) is 4.28. The largest absolute Gasteiger partial charge is 0.497 e. The molecule has 0 atom stereocenters. The Morgan fingerprint density at radius 1 is 1.16 bits per heavy atom. The minimum Gasteiger partial charge on any atom is -0.497 e. The lowest BCUT2D eigenvalue weighted by Gasteiger charge is -2.29. The van der Waals surface area contributed by atoms with Crippen molar-refractivity contribution in [2.24, 2.45) is 0 Å². The maximum Gasteiger partial charge on any atom is 0.188 e. The van der Waals surface area contributed by atoms with Crippen LogP contribution in [0.25, 0.3) is 0 Å². The quantitative estimate of drug-likeness (QED) is 0.229. The fourth-order valence-corrected chi connectivity index (χ4v) is 5.98. The number of hydrogen-bond acceptors (Lipinski definition) is 10. The first-order valence-electron chi connectivity index (χ1n) is 12.4. The molecule has 1 N–H and O–H groups in total. The molecule has 1 saturated heterocycles. The molecule has 196 valence electrons. The van der Waals surface area contributed by atoms with Gasteiger partial charge in [-0.15, -0.1) is 11.3 Å². The highest BCUT2D eigenvalue weighted by Gasteiger charge is 2.22. The lowest BCUT2D eigenvalue weighted by atomic mass is 9.94. The van der Waals surface area contributed by atoms with Crippen LogP contribution in [0.1, 0.15) is 30.1 Å². The highest BCUT2D eigenvalue weighted by atomic mass is 32.2. The number of rotatable bonds is 10. The van der Waals surface area contributed by atoms with Crippen molar-refractivity contribution in [3.05, 3.63) is 71.6 Å². The zero-order valence-corrected chi connectivity index (χ0v) is 22.9. The molecule has 3 aromatic heterocycles. The average molecular weight is 548 g/mol. The number of thiazole rings is 1. The van der Waals surface area contributed by atoms with Crippen molar-refractivity contribution in [3.63, 3.8) is 0 Å². The first-order valence-corrected chi connectivity index (χ1v) is 14.1. The molecule has 1 aromatic carbocycles. The lowest BCUT2D eigenvalue weighted by molar-refractivity contribution is -0.109. The zero-order chi connectivity index (χ0) is 26.3. The van der Waals surface area contributed by atoms with Crippen molar-refractivity contribution >= 4 is 40.3 Å². The Kier molecular flexibility index (Phi) is 8.52. The summed E-state index contributed by atoms with van der Waals surface area (Å²) >= 11 is 3.13. The molecule has 1 fully saturated rings. The molecule has 0 aliphatic carbocycles. The normalized spacial score (nSPS) is 14.3. The van der Waals surface area contributed by atoms with Gasteiger partial charge in [0.2, 0.25) is 0 Å². The molecule has 0 saturated carbocycles. The number of pyridine rings is 2. The number of carbonyl (C=O) groups is 1. The zero-order valence-electron chi connectivity index (χ0n) is 21.3. The van der Waals surface area contributed by atoms with Gasteiger partial charge in [0.15, 0.2) is 5.13 Å². The number of aldehydes is 1. The molecule has 1 aliphatic rings. The van der Waals surface area contributed by atoms with E-state index >= 15 is 0 Å². The Hall–Kier alpha value is -3.47. The molecule has 4 heterocycles. The molecule has 0 bridgehead atoms. The third-order valence-corrected chi connectivity index (χ3v) is 8.17. The molecule has 4 aromatic rings. The van der Waals surface area contributed by atoms with Crippen LogP contribution in [0.5, 0.6) is 17.2 Å². The molecule has 8 nitrogen and oxygen atoms in total. The number of anilines is 2. The Bertz CT molecular complexity index is 1390. The molecule has 1 aliphatic heterocycles. The van der Waals surface area contributed by atoms with E-state index in [1.807, 2.05) is 55.6 Å². The first kappa shape index (κ1) is 26.1. The number of carbonyl (C=O) groups excluding carboxylic acids is 1. The van der Waals surface area contributed by atoms with Crippen molar-refractivity contribution in [3.8, 4) is 17.2 Å². The second-order valence-electron chi connectivity index (χ2n) is 8.93. The standard InChI is InChI=1S/C28H29N5O3S2/c1-19-24(7-4-10-29-19)36-25-16-27(30-17-26(25)38-22-6-3-5-21(15-22)35-2)32-28-31-23(18-37-28)20-8-11-33(12-9-20)13-14-34/h3-7,10,14-18,20H,8-9,11-13H2,1-2H3,(H,30,31,32). The maximum atomic E-state index is 10.8. The van der Waals surface area contributed by atoms with Crippen LogP contribution in [-0.4, -0.2) is 52.9 Å². The van der Waals surface area contributed by atoms with Crippen molar-refractivity contribution in [1.82, 2.24) is 19.9 Å². The van der Waals surface area contributed by atoms with Gasteiger partial charge in [-0.25, -0.2) is 9.97 Å². The Morgan fingerprint density at radius 2 is 2.03 bits per heavy atom. The number of ether oxygens (including phenoxy) is 2. The van der Waals surface area contributed by atoms with E-state index in [-0.39, 0.29) is 0 Å². The number of nitrogens with zero attached hydrogens (tertiary/aromatic N) is 4. The summed E-state index contributed by atoms with van der Waals surface area (Å²) in [6, 6.07) is 13.6. The number of likely N-dealkylation sites (tertiary alicyclic amines) is 1. The topological polar surface area (TPSA) is 89.5 Å². The van der Waals surface area contributed by atoms with Gasteiger partial charge in [0.05, 0.1) is 29.9 Å². The SMILES string of the molecule is COc1cccc(Sc2cnc(Nc3nc(C4CCN(CC=O)CC4)cs3)cc2Oc2cccnc2C)c1. The van der Waals surface area contributed by atoms with Crippen LogP contribution in [0.3, 0.4) is 0 Å². The summed E-state index contributed by atoms with van der Waals surface area (Å²) in [7, 11) is 1.66. The Labute approximate surface area is 230 Å². The van der Waals surface area contributed by atoms with Gasteiger partial charge in [-0.3, -0.25) is 9.88 Å². The molecular weight excluding hydrogens is 518 g/mol. The van der Waals surface area contributed by atoms with E-state index in [9.17, 15) is 4.79 Å². The van der Waals surface area contributed by atoms with Gasteiger partial charge >= 0.3 is 0 Å². The summed E-state index contributed by atoms with van der Waals surface area (Å²) in [5, 5.41) is 6.27. The fraction of sp³-hybridized carbons (Fsp3) is 0.286. The number of hydrogen-bond donors (Lipinski definition) is 1. The van der Waals surface area contributed by atoms with Gasteiger partial charge in [-0.1, -0.05) is 17.8 Å². The van der Waals surface area contributed by atoms with Crippen LogP contribution in [0.4, 0.5) is 10.9 Å². The minimum absolute atomic E-state index is 0.409. The summed E-state index contributed by atoms with van der Waals surface area (Å²) in [6.07, 6.45) is 6.55. The molecule has 0 spiro atoms. The van der Waals surface area contributed by atoms with E-state index in [1.165, 1.54) is 0 Å². The predicted molar refractivity (Wildman–Crippen MR) is 150 cm³/mol. The fourth-order valence-electron chi connectivity index (χ4n) is 4.29. The number of benzene rings is 1. The van der Waals surface area contributed by atoms with Crippen molar-refractivity contribution < 1.29 is 14.3 Å². The predicted octanol–water partition coefficient (Wildman–Crippen LogP) is 6.32. The summed E-state index contributed by atoms with van der Waals surface area (Å²) in [5.41, 5.74) is 1.90. The van der Waals surface area contributed by atoms with Gasteiger partial charge < -0.3 is 19.6 Å². The average Bonchev–Trinajstić information content (AvgIpc) is 3.40. The van der Waals surface area contributed by atoms with Gasteiger partial charge in [-0.2, -0.15) is 0 Å². The number of nitrogens with one attached hydrogen (secondary N) is 1. The summed E-state index contributed by atoms with van der Waals surface area (Å²) < 4.78 is 11.7. The third-order valence-electron chi connectivity index (χ3n) is 6.37. The van der Waals surface area contributed by atoms with E-state index in [4.69, 9.17) is 14.5 Å². The summed E-state index contributed by atoms with van der Waals surface area (Å²) in [5.74, 6) is 3.21. The van der Waals surface area contributed by atoms with Gasteiger partial charge in [-0.05, 0) is 63.2 Å². The Balaban J connectivity index is 1.35. The number of piperidine rings is 1. The van der Waals surface area contributed by atoms with Crippen LogP contribution < -0.4 is 14.8 Å². The third kappa shape index (κ3) is 6.50. The number of aryl methyl sites for hydroxylation is 1. The van der Waals surface area contributed by atoms with Crippen LogP contribution in [-0.2, 0) is 4.79 Å². The molecule has 0 amide bonds. The molecule has 0 radical (unpaired) electrons. The van der Waals surface area contributed by atoms with E-state index in [0.29, 0.717) is 29.8 Å². The van der Waals surface area contributed by atoms with Crippen molar-refractivity contribution in [1.29, 1.82) is 0 Å². The molecule has 10 heteroatoms. The first-order chi connectivity index (χ1) is 18.6. The van der Waals surface area contributed by atoms with E-state index in [2.05, 4.69) is 25.6 Å². The smallest absolute Gasteiger partial charge is 0.188 e.